The molecule has 2 rings (SSSR count). The summed E-state index contributed by atoms with van der Waals surface area (Å²) in [7, 11) is 1.51. The molecule has 0 spiro atoms. The quantitative estimate of drug-likeness (QED) is 0.623. The van der Waals surface area contributed by atoms with Crippen LogP contribution in [0.4, 0.5) is 0 Å². The molecule has 112 valence electrons. The Hall–Kier alpha value is -0.590. The van der Waals surface area contributed by atoms with Crippen molar-refractivity contribution < 1.29 is 17.9 Å². The zero-order valence-electron chi connectivity index (χ0n) is 11.4. The molecule has 0 amide bonds. The molecule has 7 heteroatoms. The van der Waals surface area contributed by atoms with E-state index in [1.165, 1.54) is 12.5 Å². The molecule has 1 aliphatic carbocycles. The first-order valence-corrected chi connectivity index (χ1v) is 9.66. The van der Waals surface area contributed by atoms with Crippen molar-refractivity contribution in [2.75, 3.05) is 0 Å². The number of carbonyl (C=O) groups excluding carboxylic acids is 1. The van der Waals surface area contributed by atoms with Crippen LogP contribution in [0.3, 0.4) is 0 Å². The van der Waals surface area contributed by atoms with Crippen LogP contribution in [0.1, 0.15) is 47.2 Å². The molecule has 1 aliphatic rings. The summed E-state index contributed by atoms with van der Waals surface area (Å²) in [6, 6.07) is 1.30. The maximum absolute atomic E-state index is 12.1. The van der Waals surface area contributed by atoms with Gasteiger partial charge in [-0.3, -0.25) is 0 Å². The minimum absolute atomic E-state index is 0.00636. The number of hydrogen-bond donors (Lipinski definition) is 0. The minimum atomic E-state index is -3.81. The fraction of sp³-hybridized carbons (Fsp3) is 0.615. The molecule has 1 saturated carbocycles. The van der Waals surface area contributed by atoms with Crippen molar-refractivity contribution in [1.29, 1.82) is 0 Å². The monoisotopic (exact) mass is 336 g/mol. The van der Waals surface area contributed by atoms with Gasteiger partial charge < -0.3 is 4.74 Å². The summed E-state index contributed by atoms with van der Waals surface area (Å²) in [5.41, 5.74) is 0. The average molecular weight is 337 g/mol. The van der Waals surface area contributed by atoms with Gasteiger partial charge in [-0.05, 0) is 38.2 Å². The lowest BCUT2D eigenvalue weighted by Crippen LogP contribution is -2.24. The molecule has 20 heavy (non-hydrogen) atoms. The molecular weight excluding hydrogens is 320 g/mol. The van der Waals surface area contributed by atoms with Crippen molar-refractivity contribution in [3.8, 4) is 0 Å². The van der Waals surface area contributed by atoms with E-state index < -0.39 is 15.0 Å². The topological polar surface area (TPSA) is 60.4 Å². The predicted octanol–water partition coefficient (Wildman–Crippen LogP) is 3.72. The summed E-state index contributed by atoms with van der Waals surface area (Å²) in [5, 5.41) is 0. The summed E-state index contributed by atoms with van der Waals surface area (Å²) < 4.78 is 28.1. The van der Waals surface area contributed by atoms with Crippen LogP contribution in [0.15, 0.2) is 11.0 Å². The lowest BCUT2D eigenvalue weighted by molar-refractivity contribution is 0.0160. The first-order chi connectivity index (χ1) is 9.27. The van der Waals surface area contributed by atoms with E-state index in [1.54, 1.807) is 6.92 Å². The SMILES string of the molecule is Cc1sc(C(=O)OC2CCCC(C)C2)cc1S(=O)(=O)Cl. The van der Waals surface area contributed by atoms with Gasteiger partial charge in [0.1, 0.15) is 11.0 Å². The Kier molecular flexibility index (Phi) is 4.76. The molecule has 1 heterocycles. The summed E-state index contributed by atoms with van der Waals surface area (Å²) in [6.07, 6.45) is 3.91. The molecule has 0 aliphatic heterocycles. The molecule has 2 atom stereocenters. The van der Waals surface area contributed by atoms with E-state index in [1.807, 2.05) is 0 Å². The standard InChI is InChI=1S/C13H17ClO4S2/c1-8-4-3-5-10(6-8)18-13(15)11-7-12(9(2)19-11)20(14,16)17/h7-8,10H,3-6H2,1-2H3. The van der Waals surface area contributed by atoms with Crippen molar-refractivity contribution in [2.45, 2.75) is 50.5 Å². The summed E-state index contributed by atoms with van der Waals surface area (Å²) in [6.45, 7) is 3.77. The second-order valence-electron chi connectivity index (χ2n) is 5.27. The smallest absolute Gasteiger partial charge is 0.348 e. The van der Waals surface area contributed by atoms with Gasteiger partial charge in [-0.25, -0.2) is 13.2 Å². The molecule has 0 bridgehead atoms. The zero-order chi connectivity index (χ0) is 14.9. The van der Waals surface area contributed by atoms with Crippen LogP contribution in [-0.2, 0) is 13.8 Å². The number of hydrogen-bond acceptors (Lipinski definition) is 5. The molecule has 0 N–H and O–H groups in total. The van der Waals surface area contributed by atoms with Gasteiger partial charge in [-0.2, -0.15) is 0 Å². The Morgan fingerprint density at radius 3 is 2.70 bits per heavy atom. The van der Waals surface area contributed by atoms with E-state index in [2.05, 4.69) is 6.92 Å². The van der Waals surface area contributed by atoms with E-state index in [9.17, 15) is 13.2 Å². The second-order valence-corrected chi connectivity index (χ2v) is 9.06. The Labute approximate surface area is 127 Å². The maximum atomic E-state index is 12.1. The van der Waals surface area contributed by atoms with Gasteiger partial charge in [0, 0.05) is 15.6 Å². The van der Waals surface area contributed by atoms with E-state index >= 15 is 0 Å². The van der Waals surface area contributed by atoms with Crippen LogP contribution >= 0.6 is 22.0 Å². The summed E-state index contributed by atoms with van der Waals surface area (Å²) in [4.78, 5) is 12.9. The lowest BCUT2D eigenvalue weighted by atomic mass is 9.89. The number of carbonyl (C=O) groups is 1. The van der Waals surface area contributed by atoms with Crippen molar-refractivity contribution >= 4 is 37.0 Å². The number of thiophene rings is 1. The second kappa shape index (κ2) is 6.03. The zero-order valence-corrected chi connectivity index (χ0v) is 13.8. The van der Waals surface area contributed by atoms with Crippen molar-refractivity contribution in [1.82, 2.24) is 0 Å². The van der Waals surface area contributed by atoms with Crippen molar-refractivity contribution in [3.63, 3.8) is 0 Å². The number of aryl methyl sites for hydroxylation is 1. The number of halogens is 1. The van der Waals surface area contributed by atoms with E-state index in [0.29, 0.717) is 15.7 Å². The van der Waals surface area contributed by atoms with Gasteiger partial charge in [-0.15, -0.1) is 11.3 Å². The molecule has 0 aromatic carbocycles. The molecular formula is C13H17ClO4S2. The maximum Gasteiger partial charge on any atom is 0.348 e. The summed E-state index contributed by atoms with van der Waals surface area (Å²) in [5.74, 6) is 0.106. The minimum Gasteiger partial charge on any atom is -0.458 e. The molecule has 2 unspecified atom stereocenters. The Bertz CT molecular complexity index is 606. The van der Waals surface area contributed by atoms with Crippen molar-refractivity contribution in [2.24, 2.45) is 5.92 Å². The van der Waals surface area contributed by atoms with E-state index in [4.69, 9.17) is 15.4 Å². The lowest BCUT2D eigenvalue weighted by Gasteiger charge is -2.26. The number of ether oxygens (including phenoxy) is 1. The highest BCUT2D eigenvalue weighted by Crippen LogP contribution is 2.31. The highest BCUT2D eigenvalue weighted by Gasteiger charge is 2.25. The van der Waals surface area contributed by atoms with Gasteiger partial charge in [0.15, 0.2) is 0 Å². The first kappa shape index (κ1) is 15.8. The Morgan fingerprint density at radius 1 is 1.45 bits per heavy atom. The van der Waals surface area contributed by atoms with Gasteiger partial charge in [0.05, 0.1) is 4.90 Å². The third kappa shape index (κ3) is 3.74. The van der Waals surface area contributed by atoms with Crippen LogP contribution in [-0.4, -0.2) is 20.5 Å². The van der Waals surface area contributed by atoms with Gasteiger partial charge in [0.2, 0.25) is 0 Å². The van der Waals surface area contributed by atoms with Gasteiger partial charge >= 0.3 is 5.97 Å². The predicted molar refractivity (Wildman–Crippen MR) is 78.9 cm³/mol. The van der Waals surface area contributed by atoms with Gasteiger partial charge in [-0.1, -0.05) is 13.3 Å². The molecule has 1 fully saturated rings. The van der Waals surface area contributed by atoms with Crippen LogP contribution in [0.5, 0.6) is 0 Å². The first-order valence-electron chi connectivity index (χ1n) is 6.53. The fourth-order valence-electron chi connectivity index (χ4n) is 2.50. The van der Waals surface area contributed by atoms with E-state index in [-0.39, 0.29) is 11.0 Å². The van der Waals surface area contributed by atoms with Crippen molar-refractivity contribution in [3.05, 3.63) is 15.8 Å². The van der Waals surface area contributed by atoms with Crippen LogP contribution in [0.25, 0.3) is 0 Å². The number of rotatable bonds is 3. The molecule has 0 radical (unpaired) electrons. The third-order valence-electron chi connectivity index (χ3n) is 3.50. The Morgan fingerprint density at radius 2 is 2.15 bits per heavy atom. The highest BCUT2D eigenvalue weighted by molar-refractivity contribution is 8.13. The van der Waals surface area contributed by atoms with Gasteiger partial charge in [0.25, 0.3) is 9.05 Å². The largest absolute Gasteiger partial charge is 0.458 e. The molecule has 1 aromatic rings. The number of esters is 1. The normalized spacial score (nSPS) is 23.6. The Balaban J connectivity index is 2.10. The van der Waals surface area contributed by atoms with Crippen LogP contribution in [0.2, 0.25) is 0 Å². The third-order valence-corrected chi connectivity index (χ3v) is 6.11. The van der Waals surface area contributed by atoms with Crippen LogP contribution < -0.4 is 0 Å². The molecule has 4 nitrogen and oxygen atoms in total. The fourth-order valence-corrected chi connectivity index (χ4v) is 5.05. The van der Waals surface area contributed by atoms with Crippen LogP contribution in [0, 0.1) is 12.8 Å². The molecule has 1 aromatic heterocycles. The molecule has 0 saturated heterocycles. The highest BCUT2D eigenvalue weighted by atomic mass is 35.7. The summed E-state index contributed by atoms with van der Waals surface area (Å²) >= 11 is 1.10. The van der Waals surface area contributed by atoms with E-state index in [0.717, 1.165) is 30.6 Å². The average Bonchev–Trinajstić information content (AvgIpc) is 2.71.